The number of ether oxygens (including phenoxy) is 2. The van der Waals surface area contributed by atoms with Crippen molar-refractivity contribution >= 4 is 17.7 Å². The Labute approximate surface area is 214 Å². The molecule has 3 fully saturated rings. The number of benzene rings is 1. The number of piperidine rings is 1. The van der Waals surface area contributed by atoms with E-state index in [-0.39, 0.29) is 23.6 Å². The Hall–Kier alpha value is -2.77. The largest absolute Gasteiger partial charge is 0.497 e. The van der Waals surface area contributed by atoms with Crippen LogP contribution in [0.25, 0.3) is 0 Å². The molecule has 0 unspecified atom stereocenters. The van der Waals surface area contributed by atoms with Crippen molar-refractivity contribution in [2.45, 2.75) is 57.8 Å². The van der Waals surface area contributed by atoms with Crippen LogP contribution in [0.4, 0.5) is 0 Å². The number of likely N-dealkylation sites (tertiary alicyclic amines) is 1. The van der Waals surface area contributed by atoms with E-state index in [9.17, 15) is 14.4 Å². The van der Waals surface area contributed by atoms with Gasteiger partial charge in [0, 0.05) is 63.2 Å². The lowest BCUT2D eigenvalue weighted by Crippen LogP contribution is -2.53. The van der Waals surface area contributed by atoms with Gasteiger partial charge in [-0.1, -0.05) is 32.1 Å². The van der Waals surface area contributed by atoms with E-state index in [1.54, 1.807) is 37.3 Å². The Bertz CT molecular complexity index is 892. The van der Waals surface area contributed by atoms with Crippen molar-refractivity contribution in [1.82, 2.24) is 14.7 Å². The fourth-order valence-corrected chi connectivity index (χ4v) is 5.84. The van der Waals surface area contributed by atoms with Crippen LogP contribution in [0, 0.1) is 11.8 Å². The Morgan fingerprint density at radius 1 is 0.750 bits per heavy atom. The summed E-state index contributed by atoms with van der Waals surface area (Å²) in [4.78, 5) is 44.6. The number of rotatable bonds is 7. The van der Waals surface area contributed by atoms with Crippen LogP contribution in [-0.2, 0) is 9.59 Å². The second kappa shape index (κ2) is 12.5. The molecule has 2 aliphatic heterocycles. The molecule has 0 N–H and O–H groups in total. The number of hydrogen-bond acceptors (Lipinski definition) is 5. The van der Waals surface area contributed by atoms with Crippen LogP contribution >= 0.6 is 0 Å². The number of nitrogens with zero attached hydrogens (tertiary/aromatic N) is 3. The van der Waals surface area contributed by atoms with E-state index >= 15 is 0 Å². The molecule has 1 aliphatic carbocycles. The maximum atomic E-state index is 13.2. The van der Waals surface area contributed by atoms with Gasteiger partial charge in [0.15, 0.2) is 0 Å². The van der Waals surface area contributed by atoms with Gasteiger partial charge < -0.3 is 24.2 Å². The highest BCUT2D eigenvalue weighted by Gasteiger charge is 2.33. The normalized spacial score (nSPS) is 19.8. The van der Waals surface area contributed by atoms with E-state index < -0.39 is 0 Å². The van der Waals surface area contributed by atoms with Gasteiger partial charge in [-0.2, -0.15) is 0 Å². The summed E-state index contributed by atoms with van der Waals surface area (Å²) in [5, 5.41) is 0. The summed E-state index contributed by atoms with van der Waals surface area (Å²) in [7, 11) is 3.13. The minimum Gasteiger partial charge on any atom is -0.497 e. The van der Waals surface area contributed by atoms with Crippen LogP contribution in [0.1, 0.15) is 68.1 Å². The smallest absolute Gasteiger partial charge is 0.254 e. The highest BCUT2D eigenvalue weighted by Crippen LogP contribution is 2.28. The fraction of sp³-hybridized carbons (Fsp3) is 0.679. The van der Waals surface area contributed by atoms with Crippen LogP contribution in [0.15, 0.2) is 18.2 Å². The van der Waals surface area contributed by atoms with Crippen molar-refractivity contribution in [3.63, 3.8) is 0 Å². The molecule has 2 heterocycles. The van der Waals surface area contributed by atoms with Crippen molar-refractivity contribution in [2.75, 3.05) is 53.5 Å². The second-order valence-electron chi connectivity index (χ2n) is 10.4. The average Bonchev–Trinajstić information content (AvgIpc) is 2.95. The molecular weight excluding hydrogens is 458 g/mol. The third-order valence-corrected chi connectivity index (χ3v) is 8.17. The molecule has 0 spiro atoms. The molecule has 0 bridgehead atoms. The molecule has 8 heteroatoms. The lowest BCUT2D eigenvalue weighted by Gasteiger charge is -2.38. The van der Waals surface area contributed by atoms with Crippen molar-refractivity contribution in [3.05, 3.63) is 23.8 Å². The molecule has 198 valence electrons. The number of hydrogen-bond donors (Lipinski definition) is 0. The van der Waals surface area contributed by atoms with Crippen LogP contribution in [0.3, 0.4) is 0 Å². The highest BCUT2D eigenvalue weighted by molar-refractivity contribution is 5.95. The average molecular weight is 500 g/mol. The monoisotopic (exact) mass is 499 g/mol. The minimum absolute atomic E-state index is 0.0672. The van der Waals surface area contributed by atoms with Gasteiger partial charge in [-0.05, 0) is 37.3 Å². The Kier molecular flexibility index (Phi) is 9.10. The van der Waals surface area contributed by atoms with Gasteiger partial charge in [0.1, 0.15) is 11.5 Å². The first-order valence-electron chi connectivity index (χ1n) is 13.6. The van der Waals surface area contributed by atoms with Crippen LogP contribution < -0.4 is 9.47 Å². The summed E-state index contributed by atoms with van der Waals surface area (Å²) in [6.07, 6.45) is 9.47. The van der Waals surface area contributed by atoms with Gasteiger partial charge in [0.25, 0.3) is 5.91 Å². The number of carbonyl (C=O) groups excluding carboxylic acids is 3. The standard InChI is InChI=1S/C28H41N3O5/c1-35-24-18-23(19-25(20-24)36-2)28(34)30-12-10-22(11-13-30)27(33)31-16-14-29(15-17-31)26(32)9-8-21-6-4-3-5-7-21/h18-22H,3-17H2,1-2H3. The molecule has 1 aromatic rings. The molecule has 0 radical (unpaired) electrons. The van der Waals surface area contributed by atoms with E-state index in [2.05, 4.69) is 0 Å². The van der Waals surface area contributed by atoms with E-state index in [4.69, 9.17) is 9.47 Å². The Morgan fingerprint density at radius 3 is 1.92 bits per heavy atom. The first-order valence-corrected chi connectivity index (χ1v) is 13.6. The SMILES string of the molecule is COc1cc(OC)cc(C(=O)N2CCC(C(=O)N3CCN(C(=O)CCC4CCCCC4)CC3)CC2)c1. The summed E-state index contributed by atoms with van der Waals surface area (Å²) in [5.74, 6) is 2.15. The zero-order chi connectivity index (χ0) is 25.5. The molecule has 4 rings (SSSR count). The van der Waals surface area contributed by atoms with Gasteiger partial charge in [0.05, 0.1) is 14.2 Å². The molecule has 1 aromatic carbocycles. The summed E-state index contributed by atoms with van der Waals surface area (Å²) in [6, 6.07) is 5.18. The van der Waals surface area contributed by atoms with Gasteiger partial charge in [0.2, 0.25) is 11.8 Å². The second-order valence-corrected chi connectivity index (χ2v) is 10.4. The first kappa shape index (κ1) is 26.3. The predicted octanol–water partition coefficient (Wildman–Crippen LogP) is 3.59. The lowest BCUT2D eigenvalue weighted by atomic mass is 9.86. The predicted molar refractivity (Wildman–Crippen MR) is 137 cm³/mol. The number of piperazine rings is 1. The zero-order valence-electron chi connectivity index (χ0n) is 21.9. The zero-order valence-corrected chi connectivity index (χ0v) is 21.9. The van der Waals surface area contributed by atoms with E-state index in [1.165, 1.54) is 32.1 Å². The number of amides is 3. The Balaban J connectivity index is 1.21. The van der Waals surface area contributed by atoms with Crippen LogP contribution in [-0.4, -0.2) is 85.9 Å². The van der Waals surface area contributed by atoms with Gasteiger partial charge in [-0.25, -0.2) is 0 Å². The summed E-state index contributed by atoms with van der Waals surface area (Å²) >= 11 is 0. The topological polar surface area (TPSA) is 79.4 Å². The van der Waals surface area contributed by atoms with Crippen molar-refractivity contribution in [2.24, 2.45) is 11.8 Å². The first-order chi connectivity index (χ1) is 17.5. The van der Waals surface area contributed by atoms with Gasteiger partial charge in [-0.3, -0.25) is 14.4 Å². The maximum Gasteiger partial charge on any atom is 0.254 e. The van der Waals surface area contributed by atoms with E-state index in [1.807, 2.05) is 9.80 Å². The third-order valence-electron chi connectivity index (χ3n) is 8.17. The quantitative estimate of drug-likeness (QED) is 0.573. The Morgan fingerprint density at radius 2 is 1.33 bits per heavy atom. The van der Waals surface area contributed by atoms with E-state index in [0.717, 1.165) is 6.42 Å². The van der Waals surface area contributed by atoms with Gasteiger partial charge >= 0.3 is 0 Å². The van der Waals surface area contributed by atoms with Crippen molar-refractivity contribution < 1.29 is 23.9 Å². The van der Waals surface area contributed by atoms with Crippen LogP contribution in [0.5, 0.6) is 11.5 Å². The molecular formula is C28H41N3O5. The molecule has 8 nitrogen and oxygen atoms in total. The van der Waals surface area contributed by atoms with Gasteiger partial charge in [-0.15, -0.1) is 0 Å². The third kappa shape index (κ3) is 6.51. The maximum absolute atomic E-state index is 13.2. The summed E-state index contributed by atoms with van der Waals surface area (Å²) in [5.41, 5.74) is 0.528. The fourth-order valence-electron chi connectivity index (χ4n) is 5.84. The molecule has 0 aromatic heterocycles. The summed E-state index contributed by atoms with van der Waals surface area (Å²) in [6.45, 7) is 3.57. The van der Waals surface area contributed by atoms with Crippen molar-refractivity contribution in [3.8, 4) is 11.5 Å². The molecule has 1 saturated carbocycles. The highest BCUT2D eigenvalue weighted by atomic mass is 16.5. The van der Waals surface area contributed by atoms with Crippen LogP contribution in [0.2, 0.25) is 0 Å². The number of carbonyl (C=O) groups is 3. The van der Waals surface area contributed by atoms with E-state index in [0.29, 0.717) is 81.5 Å². The summed E-state index contributed by atoms with van der Waals surface area (Å²) < 4.78 is 10.6. The minimum atomic E-state index is -0.0709. The molecule has 3 amide bonds. The molecule has 3 aliphatic rings. The number of methoxy groups -OCH3 is 2. The molecule has 36 heavy (non-hydrogen) atoms. The van der Waals surface area contributed by atoms with Crippen molar-refractivity contribution in [1.29, 1.82) is 0 Å². The molecule has 0 atom stereocenters. The molecule has 2 saturated heterocycles. The lowest BCUT2D eigenvalue weighted by molar-refractivity contribution is -0.143.